The van der Waals surface area contributed by atoms with Gasteiger partial charge < -0.3 is 10.2 Å². The molecule has 5 nitrogen and oxygen atoms in total. The lowest BCUT2D eigenvalue weighted by Gasteiger charge is -2.16. The van der Waals surface area contributed by atoms with Crippen molar-refractivity contribution in [2.24, 2.45) is 0 Å². The Morgan fingerprint density at radius 3 is 2.63 bits per heavy atom. The number of likely N-dealkylation sites (N-methyl/N-ethyl adjacent to an activating group) is 1. The van der Waals surface area contributed by atoms with Crippen molar-refractivity contribution in [3.05, 3.63) is 63.3 Å². The molecule has 0 saturated carbocycles. The van der Waals surface area contributed by atoms with Crippen molar-refractivity contribution >= 4 is 34.5 Å². The molecule has 0 aliphatic rings. The number of nitrogens with one attached hydrogen (secondary N) is 1. The van der Waals surface area contributed by atoms with Crippen molar-refractivity contribution in [2.45, 2.75) is 13.3 Å². The average Bonchev–Trinajstić information content (AvgIpc) is 3.30. The molecule has 2 heterocycles. The fraction of sp³-hybridized carbons (Fsp3) is 0.250. The van der Waals surface area contributed by atoms with Crippen LogP contribution in [0.5, 0.6) is 0 Å². The molecule has 2 amide bonds. The van der Waals surface area contributed by atoms with Gasteiger partial charge in [-0.25, -0.2) is 4.98 Å². The number of hydrogen-bond donors (Lipinski definition) is 1. The highest BCUT2D eigenvalue weighted by Gasteiger charge is 2.14. The van der Waals surface area contributed by atoms with Gasteiger partial charge in [-0.2, -0.15) is 0 Å². The maximum absolute atomic E-state index is 12.3. The molecule has 7 heteroatoms. The van der Waals surface area contributed by atoms with E-state index in [-0.39, 0.29) is 18.4 Å². The molecule has 0 saturated heterocycles. The number of carbonyl (C=O) groups is 2. The Morgan fingerprint density at radius 1 is 1.15 bits per heavy atom. The van der Waals surface area contributed by atoms with Crippen LogP contribution < -0.4 is 5.32 Å². The predicted molar refractivity (Wildman–Crippen MR) is 110 cm³/mol. The minimum Gasteiger partial charge on any atom is -0.354 e. The molecule has 0 atom stereocenters. The number of thiazole rings is 1. The summed E-state index contributed by atoms with van der Waals surface area (Å²) >= 11 is 3.34. The second-order valence-electron chi connectivity index (χ2n) is 6.14. The van der Waals surface area contributed by atoms with E-state index < -0.39 is 0 Å². The van der Waals surface area contributed by atoms with Crippen molar-refractivity contribution in [3.8, 4) is 10.6 Å². The lowest BCUT2D eigenvalue weighted by Crippen LogP contribution is -2.39. The molecule has 0 unspecified atom stereocenters. The van der Waals surface area contributed by atoms with Crippen molar-refractivity contribution in [1.82, 2.24) is 15.2 Å². The molecule has 1 N–H and O–H groups in total. The topological polar surface area (TPSA) is 62.3 Å². The second-order valence-corrected chi connectivity index (χ2v) is 8.38. The maximum Gasteiger partial charge on any atom is 0.254 e. The van der Waals surface area contributed by atoms with E-state index in [2.05, 4.69) is 27.8 Å². The van der Waals surface area contributed by atoms with Gasteiger partial charge in [-0.1, -0.05) is 18.2 Å². The number of hydrogen-bond acceptors (Lipinski definition) is 5. The minimum absolute atomic E-state index is 0.0432. The Balaban J connectivity index is 1.44. The van der Waals surface area contributed by atoms with Gasteiger partial charge in [0.05, 0.1) is 22.1 Å². The minimum atomic E-state index is -0.160. The largest absolute Gasteiger partial charge is 0.354 e. The highest BCUT2D eigenvalue weighted by Crippen LogP contribution is 2.29. The van der Waals surface area contributed by atoms with E-state index in [0.717, 1.165) is 22.0 Å². The fourth-order valence-electron chi connectivity index (χ4n) is 2.60. The molecule has 0 fully saturated rings. The van der Waals surface area contributed by atoms with Gasteiger partial charge in [0.15, 0.2) is 0 Å². The predicted octanol–water partition coefficient (Wildman–Crippen LogP) is 3.61. The number of aryl methyl sites for hydroxylation is 1. The molecule has 0 aliphatic carbocycles. The molecule has 3 rings (SSSR count). The van der Waals surface area contributed by atoms with Crippen LogP contribution >= 0.6 is 22.7 Å². The van der Waals surface area contributed by atoms with E-state index in [1.807, 2.05) is 25.1 Å². The van der Waals surface area contributed by atoms with Crippen LogP contribution in [-0.2, 0) is 11.2 Å². The van der Waals surface area contributed by atoms with Crippen molar-refractivity contribution in [3.63, 3.8) is 0 Å². The van der Waals surface area contributed by atoms with Gasteiger partial charge in [0.25, 0.3) is 5.91 Å². The van der Waals surface area contributed by atoms with Crippen molar-refractivity contribution < 1.29 is 9.59 Å². The van der Waals surface area contributed by atoms with Gasteiger partial charge in [-0.05, 0) is 37.6 Å². The first-order chi connectivity index (χ1) is 13.0. The smallest absolute Gasteiger partial charge is 0.254 e. The van der Waals surface area contributed by atoms with E-state index in [1.54, 1.807) is 41.9 Å². The summed E-state index contributed by atoms with van der Waals surface area (Å²) in [4.78, 5) is 32.6. The van der Waals surface area contributed by atoms with E-state index >= 15 is 0 Å². The third kappa shape index (κ3) is 5.24. The van der Waals surface area contributed by atoms with Crippen LogP contribution in [0.2, 0.25) is 0 Å². The highest BCUT2D eigenvalue weighted by atomic mass is 32.1. The highest BCUT2D eigenvalue weighted by molar-refractivity contribution is 7.16. The van der Waals surface area contributed by atoms with Crippen LogP contribution in [0, 0.1) is 6.92 Å². The number of aromatic nitrogens is 1. The number of thiophene rings is 1. The van der Waals surface area contributed by atoms with Gasteiger partial charge in [0.2, 0.25) is 5.91 Å². The molecule has 27 heavy (non-hydrogen) atoms. The summed E-state index contributed by atoms with van der Waals surface area (Å²) in [5.41, 5.74) is 1.59. The summed E-state index contributed by atoms with van der Waals surface area (Å²) < 4.78 is 0. The molecule has 0 aliphatic heterocycles. The van der Waals surface area contributed by atoms with Crippen molar-refractivity contribution in [2.75, 3.05) is 20.1 Å². The zero-order chi connectivity index (χ0) is 19.2. The van der Waals surface area contributed by atoms with E-state index in [9.17, 15) is 9.59 Å². The van der Waals surface area contributed by atoms with E-state index in [4.69, 9.17) is 0 Å². The van der Waals surface area contributed by atoms with Crippen LogP contribution in [0.4, 0.5) is 0 Å². The standard InChI is InChI=1S/C20H21N3O2S2/c1-14-22-17(13-26-14)18-9-8-16(27-18)10-11-21-19(24)12-23(2)20(25)15-6-4-3-5-7-15/h3-9,13H,10-12H2,1-2H3,(H,21,24). The molecule has 0 radical (unpaired) electrons. The summed E-state index contributed by atoms with van der Waals surface area (Å²) in [6, 6.07) is 13.1. The number of benzene rings is 1. The van der Waals surface area contributed by atoms with E-state index in [1.165, 1.54) is 9.78 Å². The van der Waals surface area contributed by atoms with Crippen LogP contribution in [0.15, 0.2) is 47.8 Å². The molecular weight excluding hydrogens is 378 g/mol. The molecule has 2 aromatic heterocycles. The summed E-state index contributed by atoms with van der Waals surface area (Å²) in [6.45, 7) is 2.58. The normalized spacial score (nSPS) is 10.6. The fourth-order valence-corrected chi connectivity index (χ4v) is 4.25. The SMILES string of the molecule is Cc1nc(-c2ccc(CCNC(=O)CN(C)C(=O)c3ccccc3)s2)cs1. The summed E-state index contributed by atoms with van der Waals surface area (Å²) in [6.07, 6.45) is 0.760. The lowest BCUT2D eigenvalue weighted by atomic mass is 10.2. The molecule has 3 aromatic rings. The Hall–Kier alpha value is -2.51. The quantitative estimate of drug-likeness (QED) is 0.660. The zero-order valence-corrected chi connectivity index (χ0v) is 16.9. The van der Waals surface area contributed by atoms with Crippen LogP contribution in [0.1, 0.15) is 20.2 Å². The Morgan fingerprint density at radius 2 is 1.93 bits per heavy atom. The first-order valence-electron chi connectivity index (χ1n) is 8.61. The Labute approximate surface area is 166 Å². The van der Waals surface area contributed by atoms with Gasteiger partial charge in [-0.15, -0.1) is 22.7 Å². The van der Waals surface area contributed by atoms with Crippen LogP contribution in [0.25, 0.3) is 10.6 Å². The molecule has 140 valence electrons. The van der Waals surface area contributed by atoms with E-state index in [0.29, 0.717) is 12.1 Å². The molecule has 0 bridgehead atoms. The Bertz CT molecular complexity index is 918. The first kappa shape index (κ1) is 19.3. The number of carbonyl (C=O) groups excluding carboxylic acids is 2. The maximum atomic E-state index is 12.3. The van der Waals surface area contributed by atoms with Gasteiger partial charge in [-0.3, -0.25) is 9.59 Å². The average molecular weight is 400 g/mol. The number of amides is 2. The Kier molecular flexibility index (Phi) is 6.36. The third-order valence-electron chi connectivity index (χ3n) is 3.97. The summed E-state index contributed by atoms with van der Waals surface area (Å²) in [5.74, 6) is -0.319. The van der Waals surface area contributed by atoms with Gasteiger partial charge in [0, 0.05) is 29.4 Å². The monoisotopic (exact) mass is 399 g/mol. The first-order valence-corrected chi connectivity index (χ1v) is 10.3. The van der Waals surface area contributed by atoms with Crippen LogP contribution in [-0.4, -0.2) is 41.8 Å². The van der Waals surface area contributed by atoms with Crippen LogP contribution in [0.3, 0.4) is 0 Å². The summed E-state index contributed by atoms with van der Waals surface area (Å²) in [7, 11) is 1.64. The zero-order valence-electron chi connectivity index (χ0n) is 15.3. The molecular formula is C20H21N3O2S2. The second kappa shape index (κ2) is 8.92. The van der Waals surface area contributed by atoms with Gasteiger partial charge >= 0.3 is 0 Å². The number of nitrogens with zero attached hydrogens (tertiary/aromatic N) is 2. The molecule has 1 aromatic carbocycles. The third-order valence-corrected chi connectivity index (χ3v) is 5.92. The van der Waals surface area contributed by atoms with Gasteiger partial charge in [0.1, 0.15) is 0 Å². The number of rotatable bonds is 7. The molecule has 0 spiro atoms. The lowest BCUT2D eigenvalue weighted by molar-refractivity contribution is -0.121. The summed E-state index contributed by atoms with van der Waals surface area (Å²) in [5, 5.41) is 6.00. The van der Waals surface area contributed by atoms with Crippen molar-refractivity contribution in [1.29, 1.82) is 0 Å².